The zero-order valence-electron chi connectivity index (χ0n) is 10.9. The molecule has 0 radical (unpaired) electrons. The highest BCUT2D eigenvalue weighted by Crippen LogP contribution is 2.19. The van der Waals surface area contributed by atoms with Crippen molar-refractivity contribution in [2.24, 2.45) is 0 Å². The fourth-order valence-corrected chi connectivity index (χ4v) is 2.34. The molecule has 0 bridgehead atoms. The van der Waals surface area contributed by atoms with Crippen molar-refractivity contribution in [2.45, 2.75) is 25.1 Å². The summed E-state index contributed by atoms with van der Waals surface area (Å²) in [6.45, 7) is -0.618. The van der Waals surface area contributed by atoms with Crippen molar-refractivity contribution in [3.05, 3.63) is 0 Å². The number of carbonyl (C=O) groups is 2. The number of rotatable bonds is 3. The Balaban J connectivity index is 1.78. The number of hydrogen-bond acceptors (Lipinski definition) is 3. The maximum Gasteiger partial charge on any atom is 0.406 e. The Kier molecular flexibility index (Phi) is 4.36. The smallest absolute Gasteiger partial charge is 0.336 e. The minimum absolute atomic E-state index is 0.198. The predicted molar refractivity (Wildman–Crippen MR) is 63.8 cm³/mol. The molecular formula is C11H17F3N4O2. The van der Waals surface area contributed by atoms with Gasteiger partial charge in [0.05, 0.1) is 6.67 Å². The molecule has 2 saturated heterocycles. The third kappa shape index (κ3) is 3.99. The van der Waals surface area contributed by atoms with Crippen molar-refractivity contribution >= 4 is 11.9 Å². The minimum atomic E-state index is -4.45. The molecule has 0 aromatic heterocycles. The third-order valence-corrected chi connectivity index (χ3v) is 3.34. The number of hydrogen-bond donors (Lipinski definition) is 2. The normalized spacial score (nSPS) is 23.6. The summed E-state index contributed by atoms with van der Waals surface area (Å²) in [5.41, 5.74) is 0. The fourth-order valence-electron chi connectivity index (χ4n) is 2.34. The van der Waals surface area contributed by atoms with E-state index in [-0.39, 0.29) is 19.3 Å². The van der Waals surface area contributed by atoms with E-state index < -0.39 is 24.7 Å². The first kappa shape index (κ1) is 14.9. The standard InChI is InChI=1S/C11H17F3N4O2/c12-11(13,14)6-18-7-17(5-9(18)19)10(20)16-4-8-2-1-3-15-8/h8,15H,1-7H2,(H,16,20). The predicted octanol–water partition coefficient (Wildman–Crippen LogP) is 0.112. The van der Waals surface area contributed by atoms with Gasteiger partial charge in [-0.2, -0.15) is 13.2 Å². The average molecular weight is 294 g/mol. The quantitative estimate of drug-likeness (QED) is 0.776. The molecule has 20 heavy (non-hydrogen) atoms. The van der Waals surface area contributed by atoms with Crippen LogP contribution in [0.4, 0.5) is 18.0 Å². The van der Waals surface area contributed by atoms with Crippen molar-refractivity contribution in [3.8, 4) is 0 Å². The second-order valence-corrected chi connectivity index (χ2v) is 5.03. The number of urea groups is 1. The van der Waals surface area contributed by atoms with E-state index in [2.05, 4.69) is 10.6 Å². The highest BCUT2D eigenvalue weighted by molar-refractivity contribution is 5.87. The molecule has 6 nitrogen and oxygen atoms in total. The summed E-state index contributed by atoms with van der Waals surface area (Å²) < 4.78 is 36.7. The van der Waals surface area contributed by atoms with E-state index in [1.165, 1.54) is 0 Å². The van der Waals surface area contributed by atoms with Crippen molar-refractivity contribution in [2.75, 3.05) is 32.8 Å². The molecule has 3 amide bonds. The number of carbonyl (C=O) groups excluding carboxylic acids is 2. The van der Waals surface area contributed by atoms with Crippen LogP contribution in [0, 0.1) is 0 Å². The Hall–Kier alpha value is -1.51. The minimum Gasteiger partial charge on any atom is -0.336 e. The lowest BCUT2D eigenvalue weighted by Crippen LogP contribution is -2.44. The molecule has 2 aliphatic heterocycles. The van der Waals surface area contributed by atoms with Gasteiger partial charge in [0.15, 0.2) is 0 Å². The summed E-state index contributed by atoms with van der Waals surface area (Å²) in [5.74, 6) is -0.684. The Morgan fingerprint density at radius 1 is 1.45 bits per heavy atom. The highest BCUT2D eigenvalue weighted by atomic mass is 19.4. The van der Waals surface area contributed by atoms with Crippen LogP contribution in [0.5, 0.6) is 0 Å². The van der Waals surface area contributed by atoms with Crippen molar-refractivity contribution in [1.29, 1.82) is 0 Å². The van der Waals surface area contributed by atoms with Gasteiger partial charge in [0.1, 0.15) is 13.1 Å². The van der Waals surface area contributed by atoms with E-state index in [4.69, 9.17) is 0 Å². The molecule has 0 aromatic carbocycles. The molecule has 2 rings (SSSR count). The van der Waals surface area contributed by atoms with E-state index in [9.17, 15) is 22.8 Å². The first-order chi connectivity index (χ1) is 9.35. The van der Waals surface area contributed by atoms with Crippen LogP contribution in [0.1, 0.15) is 12.8 Å². The van der Waals surface area contributed by atoms with Gasteiger partial charge >= 0.3 is 12.2 Å². The fraction of sp³-hybridized carbons (Fsp3) is 0.818. The Bertz CT molecular complexity index is 382. The number of alkyl halides is 3. The van der Waals surface area contributed by atoms with Gasteiger partial charge in [0.25, 0.3) is 0 Å². The maximum atomic E-state index is 12.2. The molecule has 1 unspecified atom stereocenters. The number of nitrogens with zero attached hydrogens (tertiary/aromatic N) is 2. The first-order valence-electron chi connectivity index (χ1n) is 6.46. The Morgan fingerprint density at radius 2 is 2.20 bits per heavy atom. The lowest BCUT2D eigenvalue weighted by atomic mass is 10.2. The van der Waals surface area contributed by atoms with Gasteiger partial charge in [-0.25, -0.2) is 4.79 Å². The SMILES string of the molecule is O=C1CN(C(=O)NCC2CCCN2)CN1CC(F)(F)F. The molecule has 2 heterocycles. The molecule has 0 saturated carbocycles. The monoisotopic (exact) mass is 294 g/mol. The van der Waals surface area contributed by atoms with Crippen LogP contribution in [0.3, 0.4) is 0 Å². The summed E-state index contributed by atoms with van der Waals surface area (Å²) in [5, 5.41) is 5.83. The van der Waals surface area contributed by atoms with E-state index >= 15 is 0 Å². The molecule has 2 fully saturated rings. The van der Waals surface area contributed by atoms with Gasteiger partial charge in [-0.15, -0.1) is 0 Å². The van der Waals surface area contributed by atoms with Crippen LogP contribution in [-0.4, -0.2) is 66.8 Å². The molecule has 2 N–H and O–H groups in total. The summed E-state index contributed by atoms with van der Waals surface area (Å²) in [4.78, 5) is 24.9. The third-order valence-electron chi connectivity index (χ3n) is 3.34. The number of nitrogens with one attached hydrogen (secondary N) is 2. The van der Waals surface area contributed by atoms with E-state index in [1.54, 1.807) is 0 Å². The van der Waals surface area contributed by atoms with E-state index in [1.807, 2.05) is 0 Å². The highest BCUT2D eigenvalue weighted by Gasteiger charge is 2.38. The van der Waals surface area contributed by atoms with E-state index in [0.29, 0.717) is 11.4 Å². The Labute approximate surface area is 114 Å². The van der Waals surface area contributed by atoms with Crippen LogP contribution < -0.4 is 10.6 Å². The zero-order chi connectivity index (χ0) is 14.8. The summed E-state index contributed by atoms with van der Waals surface area (Å²) in [6, 6.07) is -0.305. The van der Waals surface area contributed by atoms with E-state index in [0.717, 1.165) is 24.3 Å². The maximum absolute atomic E-state index is 12.2. The summed E-state index contributed by atoms with van der Waals surface area (Å²) in [7, 11) is 0. The van der Waals surface area contributed by atoms with Gasteiger partial charge in [-0.1, -0.05) is 0 Å². The largest absolute Gasteiger partial charge is 0.406 e. The molecular weight excluding hydrogens is 277 g/mol. The van der Waals surface area contributed by atoms with Crippen LogP contribution in [0.15, 0.2) is 0 Å². The second-order valence-electron chi connectivity index (χ2n) is 5.03. The second kappa shape index (κ2) is 5.86. The van der Waals surface area contributed by atoms with Crippen molar-refractivity contribution in [3.63, 3.8) is 0 Å². The van der Waals surface area contributed by atoms with Crippen LogP contribution >= 0.6 is 0 Å². The topological polar surface area (TPSA) is 64.7 Å². The lowest BCUT2D eigenvalue weighted by Gasteiger charge is -2.20. The molecule has 0 spiro atoms. The first-order valence-corrected chi connectivity index (χ1v) is 6.46. The van der Waals surface area contributed by atoms with Crippen LogP contribution in [0.25, 0.3) is 0 Å². The molecule has 9 heteroatoms. The number of halogens is 3. The number of amides is 3. The molecule has 0 aromatic rings. The summed E-state index contributed by atoms with van der Waals surface area (Å²) in [6.07, 6.45) is -2.45. The zero-order valence-corrected chi connectivity index (χ0v) is 10.9. The molecule has 1 atom stereocenters. The lowest BCUT2D eigenvalue weighted by molar-refractivity contribution is -0.157. The molecule has 2 aliphatic rings. The Morgan fingerprint density at radius 3 is 2.80 bits per heavy atom. The van der Waals surface area contributed by atoms with Gasteiger partial charge in [0, 0.05) is 12.6 Å². The molecule has 114 valence electrons. The van der Waals surface area contributed by atoms with Crippen LogP contribution in [-0.2, 0) is 4.79 Å². The van der Waals surface area contributed by atoms with Crippen molar-refractivity contribution in [1.82, 2.24) is 20.4 Å². The summed E-state index contributed by atoms with van der Waals surface area (Å²) >= 11 is 0. The van der Waals surface area contributed by atoms with Crippen molar-refractivity contribution < 1.29 is 22.8 Å². The van der Waals surface area contributed by atoms with Gasteiger partial charge < -0.3 is 15.5 Å². The van der Waals surface area contributed by atoms with Gasteiger partial charge in [0.2, 0.25) is 5.91 Å². The molecule has 0 aliphatic carbocycles. The van der Waals surface area contributed by atoms with Crippen LogP contribution in [0.2, 0.25) is 0 Å². The average Bonchev–Trinajstić information content (AvgIpc) is 2.95. The van der Waals surface area contributed by atoms with Gasteiger partial charge in [-0.05, 0) is 19.4 Å². The van der Waals surface area contributed by atoms with Gasteiger partial charge in [-0.3, -0.25) is 9.69 Å².